The SMILES string of the molecule is Cc1cccc(F)c1CCC1CNC(CO)CO1. The first-order valence-electron chi connectivity index (χ1n) is 6.40. The van der Waals surface area contributed by atoms with Gasteiger partial charge in [-0.25, -0.2) is 4.39 Å². The molecule has 18 heavy (non-hydrogen) atoms. The Bertz CT molecular complexity index is 369. The van der Waals surface area contributed by atoms with Crippen molar-refractivity contribution in [3.8, 4) is 0 Å². The third-order valence-electron chi connectivity index (χ3n) is 3.46. The largest absolute Gasteiger partial charge is 0.395 e. The second-order valence-corrected chi connectivity index (χ2v) is 4.82. The molecule has 4 heteroatoms. The average molecular weight is 253 g/mol. The van der Waals surface area contributed by atoms with Crippen molar-refractivity contribution in [2.24, 2.45) is 0 Å². The Morgan fingerprint density at radius 2 is 2.33 bits per heavy atom. The van der Waals surface area contributed by atoms with E-state index in [-0.39, 0.29) is 24.6 Å². The van der Waals surface area contributed by atoms with Crippen LogP contribution in [-0.2, 0) is 11.2 Å². The minimum absolute atomic E-state index is 0.0384. The van der Waals surface area contributed by atoms with Crippen LogP contribution in [-0.4, -0.2) is 37.0 Å². The third kappa shape index (κ3) is 3.28. The first-order chi connectivity index (χ1) is 8.70. The molecule has 1 aliphatic rings. The van der Waals surface area contributed by atoms with Gasteiger partial charge in [-0.15, -0.1) is 0 Å². The van der Waals surface area contributed by atoms with Crippen molar-refractivity contribution in [2.75, 3.05) is 19.8 Å². The van der Waals surface area contributed by atoms with Gasteiger partial charge in [0.15, 0.2) is 0 Å². The molecule has 100 valence electrons. The molecule has 1 aliphatic heterocycles. The van der Waals surface area contributed by atoms with E-state index in [0.29, 0.717) is 13.0 Å². The Hall–Kier alpha value is -0.970. The van der Waals surface area contributed by atoms with Crippen LogP contribution in [0.4, 0.5) is 4.39 Å². The van der Waals surface area contributed by atoms with Gasteiger partial charge in [-0.1, -0.05) is 12.1 Å². The molecule has 1 aromatic rings. The smallest absolute Gasteiger partial charge is 0.126 e. The maximum atomic E-state index is 13.6. The molecule has 3 nitrogen and oxygen atoms in total. The van der Waals surface area contributed by atoms with Gasteiger partial charge in [0.2, 0.25) is 0 Å². The molecule has 0 saturated carbocycles. The Balaban J connectivity index is 1.85. The van der Waals surface area contributed by atoms with Crippen molar-refractivity contribution in [2.45, 2.75) is 31.9 Å². The zero-order valence-corrected chi connectivity index (χ0v) is 10.7. The van der Waals surface area contributed by atoms with Crippen LogP contribution in [0.25, 0.3) is 0 Å². The molecule has 0 aromatic heterocycles. The van der Waals surface area contributed by atoms with Crippen LogP contribution in [0.5, 0.6) is 0 Å². The van der Waals surface area contributed by atoms with Crippen molar-refractivity contribution in [3.63, 3.8) is 0 Å². The molecule has 0 radical (unpaired) electrons. The standard InChI is InChI=1S/C14H20FNO2/c1-10-3-2-4-14(15)13(10)6-5-12-7-16-11(8-17)9-18-12/h2-4,11-12,16-17H,5-9H2,1H3. The van der Waals surface area contributed by atoms with Crippen molar-refractivity contribution in [1.82, 2.24) is 5.32 Å². The number of hydrogen-bond donors (Lipinski definition) is 2. The number of aryl methyl sites for hydroxylation is 1. The maximum absolute atomic E-state index is 13.6. The van der Waals surface area contributed by atoms with Gasteiger partial charge in [-0.05, 0) is 37.0 Å². The highest BCUT2D eigenvalue weighted by molar-refractivity contribution is 5.27. The maximum Gasteiger partial charge on any atom is 0.126 e. The van der Waals surface area contributed by atoms with Crippen LogP contribution in [0.15, 0.2) is 18.2 Å². The van der Waals surface area contributed by atoms with Gasteiger partial charge in [0.25, 0.3) is 0 Å². The molecule has 2 rings (SSSR count). The number of aliphatic hydroxyl groups excluding tert-OH is 1. The van der Waals surface area contributed by atoms with Crippen LogP contribution < -0.4 is 5.32 Å². The first-order valence-corrected chi connectivity index (χ1v) is 6.40. The lowest BCUT2D eigenvalue weighted by atomic mass is 10.0. The van der Waals surface area contributed by atoms with Gasteiger partial charge < -0.3 is 15.2 Å². The fourth-order valence-electron chi connectivity index (χ4n) is 2.26. The summed E-state index contributed by atoms with van der Waals surface area (Å²) in [6.07, 6.45) is 1.59. The number of rotatable bonds is 4. The summed E-state index contributed by atoms with van der Waals surface area (Å²) in [5, 5.41) is 12.2. The topological polar surface area (TPSA) is 41.5 Å². The second kappa shape index (κ2) is 6.27. The van der Waals surface area contributed by atoms with Crippen molar-refractivity contribution >= 4 is 0 Å². The van der Waals surface area contributed by atoms with E-state index in [4.69, 9.17) is 9.84 Å². The lowest BCUT2D eigenvalue weighted by Gasteiger charge is -2.29. The Morgan fingerprint density at radius 3 is 2.94 bits per heavy atom. The Kier molecular flexibility index (Phi) is 4.69. The van der Waals surface area contributed by atoms with Gasteiger partial charge in [0.05, 0.1) is 25.4 Å². The average Bonchev–Trinajstić information content (AvgIpc) is 2.39. The minimum atomic E-state index is -0.132. The predicted octanol–water partition coefficient (Wildman–Crippen LogP) is 1.42. The van der Waals surface area contributed by atoms with Crippen LogP contribution in [0.3, 0.4) is 0 Å². The Labute approximate surface area is 107 Å². The van der Waals surface area contributed by atoms with E-state index in [9.17, 15) is 4.39 Å². The van der Waals surface area contributed by atoms with E-state index in [1.54, 1.807) is 6.07 Å². The zero-order valence-electron chi connectivity index (χ0n) is 10.7. The summed E-state index contributed by atoms with van der Waals surface area (Å²) in [6, 6.07) is 5.21. The van der Waals surface area contributed by atoms with E-state index in [2.05, 4.69) is 5.32 Å². The molecule has 0 aliphatic carbocycles. The molecule has 2 unspecified atom stereocenters. The molecule has 1 aromatic carbocycles. The summed E-state index contributed by atoms with van der Waals surface area (Å²) in [5.41, 5.74) is 1.78. The molecule has 2 atom stereocenters. The monoisotopic (exact) mass is 253 g/mol. The van der Waals surface area contributed by atoms with Crippen LogP contribution in [0.2, 0.25) is 0 Å². The summed E-state index contributed by atoms with van der Waals surface area (Å²) in [4.78, 5) is 0. The molecule has 1 saturated heterocycles. The van der Waals surface area contributed by atoms with Crippen molar-refractivity contribution in [3.05, 3.63) is 35.1 Å². The summed E-state index contributed by atoms with van der Waals surface area (Å²) in [5.74, 6) is -0.132. The van der Waals surface area contributed by atoms with Crippen molar-refractivity contribution < 1.29 is 14.2 Å². The number of hydrogen-bond acceptors (Lipinski definition) is 3. The van der Waals surface area contributed by atoms with Gasteiger partial charge in [0.1, 0.15) is 5.82 Å². The van der Waals surface area contributed by atoms with E-state index in [1.807, 2.05) is 13.0 Å². The van der Waals surface area contributed by atoms with Gasteiger partial charge in [0, 0.05) is 6.54 Å². The van der Waals surface area contributed by atoms with E-state index in [1.165, 1.54) is 6.07 Å². The highest BCUT2D eigenvalue weighted by Crippen LogP contribution is 2.17. The van der Waals surface area contributed by atoms with Gasteiger partial charge in [-0.3, -0.25) is 0 Å². The van der Waals surface area contributed by atoms with Crippen molar-refractivity contribution in [1.29, 1.82) is 0 Å². The molecule has 0 spiro atoms. The second-order valence-electron chi connectivity index (χ2n) is 4.82. The van der Waals surface area contributed by atoms with Gasteiger partial charge >= 0.3 is 0 Å². The van der Waals surface area contributed by atoms with E-state index >= 15 is 0 Å². The van der Waals surface area contributed by atoms with E-state index < -0.39 is 0 Å². The molecule has 0 amide bonds. The summed E-state index contributed by atoms with van der Waals surface area (Å²) < 4.78 is 19.3. The molecule has 1 fully saturated rings. The van der Waals surface area contributed by atoms with Crippen LogP contribution in [0, 0.1) is 12.7 Å². The molecule has 2 N–H and O–H groups in total. The number of morpholine rings is 1. The quantitative estimate of drug-likeness (QED) is 0.852. The summed E-state index contributed by atoms with van der Waals surface area (Å²) in [6.45, 7) is 3.27. The zero-order chi connectivity index (χ0) is 13.0. The number of halogens is 1. The first kappa shape index (κ1) is 13.5. The number of ether oxygens (including phenoxy) is 1. The molecule has 1 heterocycles. The van der Waals surface area contributed by atoms with Crippen LogP contribution >= 0.6 is 0 Å². The fourth-order valence-corrected chi connectivity index (χ4v) is 2.26. The highest BCUT2D eigenvalue weighted by atomic mass is 19.1. The highest BCUT2D eigenvalue weighted by Gasteiger charge is 2.20. The summed E-state index contributed by atoms with van der Waals surface area (Å²) >= 11 is 0. The lowest BCUT2D eigenvalue weighted by molar-refractivity contribution is -0.0118. The fraction of sp³-hybridized carbons (Fsp3) is 0.571. The molecule has 0 bridgehead atoms. The van der Waals surface area contributed by atoms with Crippen LogP contribution in [0.1, 0.15) is 17.5 Å². The lowest BCUT2D eigenvalue weighted by Crippen LogP contribution is -2.48. The summed E-state index contributed by atoms with van der Waals surface area (Å²) in [7, 11) is 0. The third-order valence-corrected chi connectivity index (χ3v) is 3.46. The Morgan fingerprint density at radius 1 is 1.50 bits per heavy atom. The number of aliphatic hydroxyl groups is 1. The molecular formula is C14H20FNO2. The number of nitrogens with one attached hydrogen (secondary N) is 1. The van der Waals surface area contributed by atoms with Gasteiger partial charge in [-0.2, -0.15) is 0 Å². The predicted molar refractivity (Wildman–Crippen MR) is 68.1 cm³/mol. The number of benzene rings is 1. The normalized spacial score (nSPS) is 24.2. The van der Waals surface area contributed by atoms with E-state index in [0.717, 1.165) is 24.1 Å². The minimum Gasteiger partial charge on any atom is -0.395 e. The molecular weight excluding hydrogens is 233 g/mol.